The maximum atomic E-state index is 13.8. The van der Waals surface area contributed by atoms with Gasteiger partial charge in [-0.05, 0) is 41.5 Å². The van der Waals surface area contributed by atoms with Gasteiger partial charge in [-0.2, -0.15) is 0 Å². The van der Waals surface area contributed by atoms with Gasteiger partial charge in [0.05, 0.1) is 7.11 Å². The van der Waals surface area contributed by atoms with Crippen molar-refractivity contribution in [2.45, 2.75) is 12.6 Å². The Hall–Kier alpha value is -3.80. The van der Waals surface area contributed by atoms with E-state index in [0.717, 1.165) is 35.7 Å². The fourth-order valence-corrected chi connectivity index (χ4v) is 4.73. The van der Waals surface area contributed by atoms with Crippen molar-refractivity contribution >= 4 is 17.5 Å². The van der Waals surface area contributed by atoms with Gasteiger partial charge in [0.25, 0.3) is 5.91 Å². The average molecular weight is 442 g/mol. The first-order chi connectivity index (χ1) is 16.2. The van der Waals surface area contributed by atoms with Crippen molar-refractivity contribution in [3.8, 4) is 5.75 Å². The number of methoxy groups -OCH3 is 1. The zero-order valence-electron chi connectivity index (χ0n) is 18.7. The summed E-state index contributed by atoms with van der Waals surface area (Å²) in [5, 5.41) is 0. The summed E-state index contributed by atoms with van der Waals surface area (Å²) < 4.78 is 5.25. The summed E-state index contributed by atoms with van der Waals surface area (Å²) in [6.07, 6.45) is 0. The monoisotopic (exact) mass is 441 g/mol. The lowest BCUT2D eigenvalue weighted by atomic mass is 10.0. The van der Waals surface area contributed by atoms with Gasteiger partial charge in [0.15, 0.2) is 0 Å². The fourth-order valence-electron chi connectivity index (χ4n) is 4.73. The van der Waals surface area contributed by atoms with Gasteiger partial charge < -0.3 is 19.4 Å². The van der Waals surface area contributed by atoms with Gasteiger partial charge in [0.2, 0.25) is 5.91 Å². The van der Waals surface area contributed by atoms with E-state index in [1.165, 1.54) is 0 Å². The summed E-state index contributed by atoms with van der Waals surface area (Å²) in [6.45, 7) is 3.17. The Labute approximate surface area is 194 Å². The average Bonchev–Trinajstić information content (AvgIpc) is 3.21. The van der Waals surface area contributed by atoms with E-state index in [1.807, 2.05) is 83.8 Å². The van der Waals surface area contributed by atoms with Crippen molar-refractivity contribution in [3.05, 3.63) is 95.6 Å². The maximum absolute atomic E-state index is 13.8. The summed E-state index contributed by atoms with van der Waals surface area (Å²) in [7, 11) is 1.66. The van der Waals surface area contributed by atoms with Crippen LogP contribution in [0.4, 0.5) is 5.69 Å². The Morgan fingerprint density at radius 2 is 1.52 bits per heavy atom. The molecule has 0 unspecified atom stereocenters. The molecular weight excluding hydrogens is 414 g/mol. The first kappa shape index (κ1) is 21.1. The van der Waals surface area contributed by atoms with E-state index < -0.39 is 6.04 Å². The SMILES string of the molecule is COc1ccc(N2CCN(C(=O)[C@@H](c3ccccc3)N3Cc4ccccc4C3=O)CC2)cc1. The highest BCUT2D eigenvalue weighted by Crippen LogP contribution is 2.33. The summed E-state index contributed by atoms with van der Waals surface area (Å²) >= 11 is 0. The molecule has 0 radical (unpaired) electrons. The molecule has 2 heterocycles. The number of hydrogen-bond donors (Lipinski definition) is 0. The van der Waals surface area contributed by atoms with Gasteiger partial charge in [-0.3, -0.25) is 9.59 Å². The van der Waals surface area contributed by atoms with Crippen LogP contribution in [0, 0.1) is 0 Å². The second kappa shape index (κ2) is 8.98. The van der Waals surface area contributed by atoms with Crippen molar-refractivity contribution in [1.82, 2.24) is 9.80 Å². The van der Waals surface area contributed by atoms with Crippen LogP contribution >= 0.6 is 0 Å². The topological polar surface area (TPSA) is 53.1 Å². The number of piperazine rings is 1. The van der Waals surface area contributed by atoms with E-state index in [1.54, 1.807) is 12.0 Å². The minimum Gasteiger partial charge on any atom is -0.497 e. The first-order valence-electron chi connectivity index (χ1n) is 11.3. The minimum absolute atomic E-state index is 0.0169. The molecule has 168 valence electrons. The van der Waals surface area contributed by atoms with Crippen LogP contribution in [0.2, 0.25) is 0 Å². The molecule has 0 aliphatic carbocycles. The number of rotatable bonds is 5. The molecule has 6 nitrogen and oxygen atoms in total. The van der Waals surface area contributed by atoms with Crippen LogP contribution in [-0.2, 0) is 11.3 Å². The molecule has 3 aromatic rings. The second-order valence-corrected chi connectivity index (χ2v) is 8.41. The predicted octanol–water partition coefficient (Wildman–Crippen LogP) is 3.74. The Morgan fingerprint density at radius 1 is 0.848 bits per heavy atom. The van der Waals surface area contributed by atoms with Crippen molar-refractivity contribution in [2.24, 2.45) is 0 Å². The third-order valence-electron chi connectivity index (χ3n) is 6.54. The Balaban J connectivity index is 1.35. The molecule has 3 aromatic carbocycles. The first-order valence-corrected chi connectivity index (χ1v) is 11.3. The molecule has 5 rings (SSSR count). The lowest BCUT2D eigenvalue weighted by Gasteiger charge is -2.39. The zero-order chi connectivity index (χ0) is 22.8. The molecule has 1 atom stereocenters. The van der Waals surface area contributed by atoms with Gasteiger partial charge in [-0.25, -0.2) is 0 Å². The van der Waals surface area contributed by atoms with Crippen molar-refractivity contribution in [2.75, 3.05) is 38.2 Å². The fraction of sp³-hybridized carbons (Fsp3) is 0.259. The lowest BCUT2D eigenvalue weighted by molar-refractivity contribution is -0.136. The summed E-state index contributed by atoms with van der Waals surface area (Å²) in [6, 6.07) is 24.6. The number of anilines is 1. The summed E-state index contributed by atoms with van der Waals surface area (Å²) in [5.74, 6) is 0.732. The van der Waals surface area contributed by atoms with Crippen LogP contribution < -0.4 is 9.64 Å². The van der Waals surface area contributed by atoms with E-state index in [2.05, 4.69) is 4.90 Å². The molecule has 2 aliphatic heterocycles. The molecule has 33 heavy (non-hydrogen) atoms. The molecule has 0 saturated carbocycles. The minimum atomic E-state index is -0.626. The molecule has 1 saturated heterocycles. The largest absolute Gasteiger partial charge is 0.497 e. The van der Waals surface area contributed by atoms with E-state index in [-0.39, 0.29) is 11.8 Å². The highest BCUT2D eigenvalue weighted by atomic mass is 16.5. The number of hydrogen-bond acceptors (Lipinski definition) is 4. The lowest BCUT2D eigenvalue weighted by Crippen LogP contribution is -2.52. The van der Waals surface area contributed by atoms with Gasteiger partial charge >= 0.3 is 0 Å². The Morgan fingerprint density at radius 3 is 2.18 bits per heavy atom. The number of fused-ring (bicyclic) bond motifs is 1. The number of carbonyl (C=O) groups excluding carboxylic acids is 2. The molecular formula is C27H27N3O3. The van der Waals surface area contributed by atoms with Crippen molar-refractivity contribution < 1.29 is 14.3 Å². The van der Waals surface area contributed by atoms with Gasteiger partial charge in [-0.1, -0.05) is 48.5 Å². The molecule has 2 amide bonds. The van der Waals surface area contributed by atoms with Crippen LogP contribution in [0.3, 0.4) is 0 Å². The van der Waals surface area contributed by atoms with E-state index >= 15 is 0 Å². The van der Waals surface area contributed by atoms with Crippen LogP contribution in [-0.4, -0.2) is 54.9 Å². The standard InChI is InChI=1S/C27H27N3O3/c1-33-23-13-11-22(12-14-23)28-15-17-29(18-16-28)27(32)25(20-7-3-2-4-8-20)30-19-21-9-5-6-10-24(21)26(30)31/h2-14,25H,15-19H2,1H3/t25-/m1/s1. The second-order valence-electron chi connectivity index (χ2n) is 8.41. The molecule has 0 N–H and O–H groups in total. The molecule has 0 bridgehead atoms. The highest BCUT2D eigenvalue weighted by Gasteiger charge is 2.39. The molecule has 2 aliphatic rings. The Kier molecular flexibility index (Phi) is 5.73. The number of carbonyl (C=O) groups is 2. The van der Waals surface area contributed by atoms with E-state index in [4.69, 9.17) is 4.74 Å². The predicted molar refractivity (Wildman–Crippen MR) is 127 cm³/mol. The number of ether oxygens (including phenoxy) is 1. The molecule has 6 heteroatoms. The van der Waals surface area contributed by atoms with E-state index in [9.17, 15) is 9.59 Å². The quantitative estimate of drug-likeness (QED) is 0.605. The van der Waals surface area contributed by atoms with Crippen LogP contribution in [0.25, 0.3) is 0 Å². The van der Waals surface area contributed by atoms with E-state index in [0.29, 0.717) is 25.2 Å². The normalized spacial score (nSPS) is 16.5. The number of nitrogens with zero attached hydrogens (tertiary/aromatic N) is 3. The van der Waals surface area contributed by atoms with Gasteiger partial charge in [0, 0.05) is 44.0 Å². The molecule has 0 spiro atoms. The maximum Gasteiger partial charge on any atom is 0.255 e. The van der Waals surface area contributed by atoms with Gasteiger partial charge in [-0.15, -0.1) is 0 Å². The highest BCUT2D eigenvalue weighted by molar-refractivity contribution is 6.01. The number of amides is 2. The third-order valence-corrected chi connectivity index (χ3v) is 6.54. The third kappa shape index (κ3) is 4.04. The zero-order valence-corrected chi connectivity index (χ0v) is 18.7. The summed E-state index contributed by atoms with van der Waals surface area (Å²) in [4.78, 5) is 32.9. The molecule has 1 fully saturated rings. The van der Waals surface area contributed by atoms with Crippen LogP contribution in [0.5, 0.6) is 5.75 Å². The smallest absolute Gasteiger partial charge is 0.255 e. The number of benzene rings is 3. The summed E-state index contributed by atoms with van der Waals surface area (Å²) in [5.41, 5.74) is 3.63. The van der Waals surface area contributed by atoms with Crippen molar-refractivity contribution in [3.63, 3.8) is 0 Å². The van der Waals surface area contributed by atoms with Gasteiger partial charge in [0.1, 0.15) is 11.8 Å². The van der Waals surface area contributed by atoms with Crippen molar-refractivity contribution in [1.29, 1.82) is 0 Å². The molecule has 0 aromatic heterocycles. The Bertz CT molecular complexity index is 1140. The van der Waals surface area contributed by atoms with Crippen LogP contribution in [0.1, 0.15) is 27.5 Å². The van der Waals surface area contributed by atoms with Crippen LogP contribution in [0.15, 0.2) is 78.9 Å².